The molecule has 1 aromatic heterocycles. The number of aliphatic carboxylic acids is 2. The highest BCUT2D eigenvalue weighted by molar-refractivity contribution is 8.00. The molecule has 2 N–H and O–H groups in total. The Labute approximate surface area is 149 Å². The van der Waals surface area contributed by atoms with Crippen LogP contribution in [0.5, 0.6) is 5.75 Å². The zero-order valence-electron chi connectivity index (χ0n) is 13.8. The smallest absolute Gasteiger partial charge is 0.317 e. The van der Waals surface area contributed by atoms with E-state index < -0.39 is 23.6 Å². The molecule has 0 radical (unpaired) electrons. The summed E-state index contributed by atoms with van der Waals surface area (Å²) in [4.78, 5) is 28.1. The van der Waals surface area contributed by atoms with Gasteiger partial charge in [0.1, 0.15) is 11.0 Å². The number of benzene rings is 1. The van der Waals surface area contributed by atoms with Gasteiger partial charge in [-0.25, -0.2) is 0 Å². The molecule has 7 heteroatoms. The first-order valence-electron chi connectivity index (χ1n) is 8.10. The predicted molar refractivity (Wildman–Crippen MR) is 94.5 cm³/mol. The fraction of sp³-hybridized carbons (Fsp3) is 0.389. The minimum atomic E-state index is -1.12. The van der Waals surface area contributed by atoms with Crippen LogP contribution in [0, 0.1) is 0 Å². The number of pyridine rings is 1. The monoisotopic (exact) mass is 361 g/mol. The van der Waals surface area contributed by atoms with Gasteiger partial charge in [0.15, 0.2) is 0 Å². The number of hydrogen-bond donors (Lipinski definition) is 2. The van der Waals surface area contributed by atoms with Crippen molar-refractivity contribution in [3.8, 4) is 5.75 Å². The number of fused-ring (bicyclic) bond motifs is 2. The second-order valence-corrected chi connectivity index (χ2v) is 7.21. The molecule has 1 aliphatic carbocycles. The summed E-state index contributed by atoms with van der Waals surface area (Å²) in [6, 6.07) is 5.53. The normalized spacial score (nSPS) is 14.8. The van der Waals surface area contributed by atoms with Gasteiger partial charge in [-0.1, -0.05) is 0 Å². The van der Waals surface area contributed by atoms with Gasteiger partial charge in [0, 0.05) is 16.0 Å². The first-order valence-corrected chi connectivity index (χ1v) is 8.98. The quantitative estimate of drug-likeness (QED) is 0.763. The Morgan fingerprint density at radius 3 is 2.72 bits per heavy atom. The summed E-state index contributed by atoms with van der Waals surface area (Å²) < 4.78 is 5.29. The number of carboxylic acid groups (broad SMARTS) is 2. The number of ether oxygens (including phenoxy) is 1. The van der Waals surface area contributed by atoms with Gasteiger partial charge in [0.05, 0.1) is 19.0 Å². The van der Waals surface area contributed by atoms with Gasteiger partial charge in [-0.3, -0.25) is 14.6 Å². The molecule has 1 atom stereocenters. The maximum Gasteiger partial charge on any atom is 0.317 e. The van der Waals surface area contributed by atoms with Gasteiger partial charge in [0.2, 0.25) is 0 Å². The summed E-state index contributed by atoms with van der Waals surface area (Å²) in [7, 11) is 1.57. The van der Waals surface area contributed by atoms with E-state index in [0.717, 1.165) is 64.5 Å². The largest absolute Gasteiger partial charge is 0.497 e. The lowest BCUT2D eigenvalue weighted by molar-refractivity contribution is -0.142. The molecule has 0 saturated heterocycles. The molecule has 1 heterocycles. The van der Waals surface area contributed by atoms with E-state index >= 15 is 0 Å². The van der Waals surface area contributed by atoms with Crippen LogP contribution in [0.15, 0.2) is 23.1 Å². The molecule has 2 aromatic rings. The summed E-state index contributed by atoms with van der Waals surface area (Å²) >= 11 is 1.11. The maximum absolute atomic E-state index is 11.5. The van der Waals surface area contributed by atoms with Crippen molar-refractivity contribution in [2.24, 2.45) is 0 Å². The van der Waals surface area contributed by atoms with E-state index in [1.54, 1.807) is 7.11 Å². The van der Waals surface area contributed by atoms with Gasteiger partial charge in [-0.15, -0.1) is 11.8 Å². The third-order valence-corrected chi connectivity index (χ3v) is 5.67. The predicted octanol–water partition coefficient (Wildman–Crippen LogP) is 3.14. The van der Waals surface area contributed by atoms with Crippen molar-refractivity contribution in [3.63, 3.8) is 0 Å². The molecule has 0 amide bonds. The van der Waals surface area contributed by atoms with Crippen molar-refractivity contribution in [1.82, 2.24) is 4.98 Å². The van der Waals surface area contributed by atoms with Crippen LogP contribution in [-0.4, -0.2) is 39.5 Å². The van der Waals surface area contributed by atoms with Crippen molar-refractivity contribution in [2.75, 3.05) is 7.11 Å². The average molecular weight is 361 g/mol. The van der Waals surface area contributed by atoms with Gasteiger partial charge in [-0.2, -0.15) is 0 Å². The van der Waals surface area contributed by atoms with Crippen LogP contribution in [0.2, 0.25) is 0 Å². The number of aromatic nitrogens is 1. The molecule has 6 nitrogen and oxygen atoms in total. The van der Waals surface area contributed by atoms with Crippen molar-refractivity contribution in [1.29, 1.82) is 0 Å². The number of methoxy groups -OCH3 is 1. The summed E-state index contributed by atoms with van der Waals surface area (Å²) in [6.45, 7) is 0. The lowest BCUT2D eigenvalue weighted by atomic mass is 9.94. The number of rotatable bonds is 6. The van der Waals surface area contributed by atoms with Crippen LogP contribution >= 0.6 is 11.8 Å². The highest BCUT2D eigenvalue weighted by Crippen LogP contribution is 2.39. The standard InChI is InChI=1S/C18H19NO5S/c1-24-10-6-7-14-12(8-10)17(11-4-2-3-5-13(11)19-14)25-15(18(22)23)9-16(20)21/h6-8,15H,2-5,9H2,1H3,(H,20,21)(H,22,23)/t15-/m0/s1. The lowest BCUT2D eigenvalue weighted by Crippen LogP contribution is -2.21. The molecule has 0 unspecified atom stereocenters. The Bertz CT molecular complexity index is 836. The second-order valence-electron chi connectivity index (χ2n) is 6.00. The molecule has 1 aliphatic rings. The summed E-state index contributed by atoms with van der Waals surface area (Å²) in [6.07, 6.45) is 3.35. The zero-order valence-corrected chi connectivity index (χ0v) is 14.6. The van der Waals surface area contributed by atoms with Crippen molar-refractivity contribution < 1.29 is 24.5 Å². The SMILES string of the molecule is COc1ccc2nc3c(c(S[C@@H](CC(=O)O)C(=O)O)c2c1)CCCC3. The molecule has 0 bridgehead atoms. The van der Waals surface area contributed by atoms with Gasteiger partial charge in [0.25, 0.3) is 0 Å². The number of hydrogen-bond acceptors (Lipinski definition) is 5. The molecule has 25 heavy (non-hydrogen) atoms. The molecular weight excluding hydrogens is 342 g/mol. The van der Waals surface area contributed by atoms with E-state index in [9.17, 15) is 14.7 Å². The molecule has 0 aliphatic heterocycles. The summed E-state index contributed by atoms with van der Waals surface area (Å²) in [5.74, 6) is -1.58. The van der Waals surface area contributed by atoms with E-state index in [0.29, 0.717) is 5.75 Å². The fourth-order valence-electron chi connectivity index (χ4n) is 3.10. The fourth-order valence-corrected chi connectivity index (χ4v) is 4.37. The van der Waals surface area contributed by atoms with E-state index in [1.165, 1.54) is 0 Å². The third kappa shape index (κ3) is 3.71. The van der Waals surface area contributed by atoms with Crippen molar-refractivity contribution in [2.45, 2.75) is 42.2 Å². The Morgan fingerprint density at radius 1 is 1.28 bits per heavy atom. The summed E-state index contributed by atoms with van der Waals surface area (Å²) in [5.41, 5.74) is 2.82. The van der Waals surface area contributed by atoms with Crippen molar-refractivity contribution in [3.05, 3.63) is 29.5 Å². The Balaban J connectivity index is 2.15. The van der Waals surface area contributed by atoms with E-state index in [4.69, 9.17) is 14.8 Å². The Morgan fingerprint density at radius 2 is 2.04 bits per heavy atom. The van der Waals surface area contributed by atoms with Gasteiger partial charge >= 0.3 is 11.9 Å². The van der Waals surface area contributed by atoms with Crippen molar-refractivity contribution >= 4 is 34.6 Å². The molecule has 0 fully saturated rings. The first kappa shape index (κ1) is 17.5. The van der Waals surface area contributed by atoms with Crippen LogP contribution in [0.25, 0.3) is 10.9 Å². The highest BCUT2D eigenvalue weighted by Gasteiger charge is 2.27. The molecule has 3 rings (SSSR count). The van der Waals surface area contributed by atoms with E-state index in [-0.39, 0.29) is 0 Å². The minimum absolute atomic E-state index is 0.428. The topological polar surface area (TPSA) is 96.7 Å². The van der Waals surface area contributed by atoms with E-state index in [2.05, 4.69) is 0 Å². The Hall–Kier alpha value is -2.28. The third-order valence-electron chi connectivity index (χ3n) is 4.31. The van der Waals surface area contributed by atoms with Crippen LogP contribution in [0.1, 0.15) is 30.5 Å². The van der Waals surface area contributed by atoms with Crippen LogP contribution in [0.4, 0.5) is 0 Å². The van der Waals surface area contributed by atoms with E-state index in [1.807, 2.05) is 18.2 Å². The summed E-state index contributed by atoms with van der Waals surface area (Å²) in [5, 5.41) is 18.3. The highest BCUT2D eigenvalue weighted by atomic mass is 32.2. The molecular formula is C18H19NO5S. The van der Waals surface area contributed by atoms with Gasteiger partial charge < -0.3 is 14.9 Å². The number of carbonyl (C=O) groups is 2. The number of aryl methyl sites for hydroxylation is 1. The van der Waals surface area contributed by atoms with Crippen LogP contribution in [0.3, 0.4) is 0 Å². The maximum atomic E-state index is 11.5. The minimum Gasteiger partial charge on any atom is -0.497 e. The average Bonchev–Trinajstić information content (AvgIpc) is 2.59. The number of thioether (sulfide) groups is 1. The molecule has 1 aromatic carbocycles. The lowest BCUT2D eigenvalue weighted by Gasteiger charge is -2.22. The van der Waals surface area contributed by atoms with Gasteiger partial charge in [-0.05, 0) is 49.4 Å². The second kappa shape index (κ2) is 7.31. The number of carboxylic acids is 2. The van der Waals surface area contributed by atoms with Crippen LogP contribution < -0.4 is 4.74 Å². The molecule has 0 spiro atoms. The molecule has 132 valence electrons. The zero-order chi connectivity index (χ0) is 18.0. The first-order chi connectivity index (χ1) is 12.0. The Kier molecular flexibility index (Phi) is 5.13. The van der Waals surface area contributed by atoms with Crippen LogP contribution in [-0.2, 0) is 22.4 Å². The molecule has 0 saturated carbocycles. The number of nitrogens with zero attached hydrogens (tertiary/aromatic N) is 1.